The van der Waals surface area contributed by atoms with Gasteiger partial charge in [0.25, 0.3) is 0 Å². The molecule has 0 fully saturated rings. The Morgan fingerprint density at radius 1 is 1.20 bits per heavy atom. The van der Waals surface area contributed by atoms with E-state index in [1.807, 2.05) is 12.1 Å². The van der Waals surface area contributed by atoms with E-state index < -0.39 is 0 Å². The smallest absolute Gasteiger partial charge is 0.0683 e. The van der Waals surface area contributed by atoms with E-state index >= 15 is 0 Å². The maximum Gasteiger partial charge on any atom is 0.0683 e. The number of aryl methyl sites for hydroxylation is 1. The van der Waals surface area contributed by atoms with Gasteiger partial charge < -0.3 is 5.32 Å². The number of hydrogen-bond acceptors (Lipinski definition) is 2. The molecule has 0 saturated carbocycles. The molecule has 0 aliphatic carbocycles. The van der Waals surface area contributed by atoms with Crippen molar-refractivity contribution in [1.82, 2.24) is 5.32 Å². The largest absolute Gasteiger partial charge is 0.306 e. The van der Waals surface area contributed by atoms with Crippen LogP contribution in [-0.2, 0) is 0 Å². The minimum Gasteiger partial charge on any atom is -0.306 e. The van der Waals surface area contributed by atoms with E-state index in [4.69, 9.17) is 23.2 Å². The van der Waals surface area contributed by atoms with Crippen LogP contribution in [-0.4, -0.2) is 6.54 Å². The molecule has 0 amide bonds. The third-order valence-corrected chi connectivity index (χ3v) is 5.39. The summed E-state index contributed by atoms with van der Waals surface area (Å²) in [4.78, 5) is 2.54. The van der Waals surface area contributed by atoms with Gasteiger partial charge in [-0.2, -0.15) is 0 Å². The number of benzene rings is 1. The van der Waals surface area contributed by atoms with E-state index in [0.717, 1.165) is 23.0 Å². The van der Waals surface area contributed by atoms with Crippen LogP contribution in [0.3, 0.4) is 0 Å². The molecule has 1 aromatic heterocycles. The Hall–Kier alpha value is -0.0600. The van der Waals surface area contributed by atoms with Crippen LogP contribution in [0.1, 0.15) is 34.7 Å². The molecule has 5 heteroatoms. The number of hydrogen-bond donors (Lipinski definition) is 1. The monoisotopic (exact) mass is 391 g/mol. The number of thiophene rings is 1. The molecule has 0 bridgehead atoms. The van der Waals surface area contributed by atoms with Crippen LogP contribution in [0.4, 0.5) is 0 Å². The van der Waals surface area contributed by atoms with Gasteiger partial charge in [-0.05, 0) is 65.6 Å². The SMILES string of the molecule is CCCNC(c1cc(Cl)cc(Cl)c1)c1sc(C)cc1Br. The maximum absolute atomic E-state index is 6.14. The third-order valence-electron chi connectivity index (χ3n) is 2.92. The van der Waals surface area contributed by atoms with Gasteiger partial charge >= 0.3 is 0 Å². The molecule has 1 atom stereocenters. The van der Waals surface area contributed by atoms with Crippen LogP contribution in [0.15, 0.2) is 28.7 Å². The molecule has 20 heavy (non-hydrogen) atoms. The second kappa shape index (κ2) is 7.28. The van der Waals surface area contributed by atoms with Crippen LogP contribution in [0, 0.1) is 6.92 Å². The first-order valence-electron chi connectivity index (χ1n) is 6.46. The summed E-state index contributed by atoms with van der Waals surface area (Å²) in [6, 6.07) is 7.97. The lowest BCUT2D eigenvalue weighted by atomic mass is 10.1. The topological polar surface area (TPSA) is 12.0 Å². The van der Waals surface area contributed by atoms with Crippen molar-refractivity contribution < 1.29 is 0 Å². The van der Waals surface area contributed by atoms with E-state index in [1.165, 1.54) is 9.75 Å². The first-order chi connectivity index (χ1) is 9.51. The Kier molecular flexibility index (Phi) is 5.94. The normalized spacial score (nSPS) is 12.7. The highest BCUT2D eigenvalue weighted by atomic mass is 79.9. The Morgan fingerprint density at radius 3 is 2.35 bits per heavy atom. The van der Waals surface area contributed by atoms with Gasteiger partial charge in [0.1, 0.15) is 0 Å². The van der Waals surface area contributed by atoms with Crippen LogP contribution >= 0.6 is 50.5 Å². The average Bonchev–Trinajstić information content (AvgIpc) is 2.68. The Morgan fingerprint density at radius 2 is 1.85 bits per heavy atom. The summed E-state index contributed by atoms with van der Waals surface area (Å²) in [6.45, 7) is 5.21. The number of nitrogens with one attached hydrogen (secondary N) is 1. The van der Waals surface area contributed by atoms with E-state index in [2.05, 4.69) is 41.2 Å². The summed E-state index contributed by atoms with van der Waals surface area (Å²) >= 11 is 17.7. The van der Waals surface area contributed by atoms with E-state index in [-0.39, 0.29) is 6.04 Å². The molecule has 0 aliphatic heterocycles. The van der Waals surface area contributed by atoms with Crippen molar-refractivity contribution in [2.45, 2.75) is 26.3 Å². The molecule has 2 rings (SSSR count). The van der Waals surface area contributed by atoms with Crippen molar-refractivity contribution in [3.05, 3.63) is 54.1 Å². The molecule has 0 saturated heterocycles. The van der Waals surface area contributed by atoms with Gasteiger partial charge in [0.2, 0.25) is 0 Å². The fourth-order valence-electron chi connectivity index (χ4n) is 2.09. The summed E-state index contributed by atoms with van der Waals surface area (Å²) in [5, 5.41) is 4.91. The van der Waals surface area contributed by atoms with Gasteiger partial charge in [-0.3, -0.25) is 0 Å². The van der Waals surface area contributed by atoms with Gasteiger partial charge in [0.05, 0.1) is 6.04 Å². The lowest BCUT2D eigenvalue weighted by Crippen LogP contribution is -2.22. The summed E-state index contributed by atoms with van der Waals surface area (Å²) < 4.78 is 1.13. The highest BCUT2D eigenvalue weighted by molar-refractivity contribution is 9.10. The molecule has 0 radical (unpaired) electrons. The molecular formula is C15H16BrCl2NS. The first kappa shape index (κ1) is 16.3. The molecule has 1 aromatic carbocycles. The summed E-state index contributed by atoms with van der Waals surface area (Å²) in [5.74, 6) is 0. The van der Waals surface area contributed by atoms with Gasteiger partial charge in [-0.1, -0.05) is 30.1 Å². The van der Waals surface area contributed by atoms with Crippen molar-refractivity contribution in [2.24, 2.45) is 0 Å². The van der Waals surface area contributed by atoms with Crippen LogP contribution in [0.5, 0.6) is 0 Å². The van der Waals surface area contributed by atoms with E-state index in [0.29, 0.717) is 10.0 Å². The molecule has 108 valence electrons. The average molecular weight is 393 g/mol. The summed E-state index contributed by atoms with van der Waals surface area (Å²) in [5.41, 5.74) is 1.10. The van der Waals surface area contributed by atoms with Crippen molar-refractivity contribution in [3.63, 3.8) is 0 Å². The highest BCUT2D eigenvalue weighted by Crippen LogP contribution is 2.37. The minimum atomic E-state index is 0.110. The zero-order valence-electron chi connectivity index (χ0n) is 11.3. The van der Waals surface area contributed by atoms with Gasteiger partial charge in [-0.25, -0.2) is 0 Å². The zero-order valence-corrected chi connectivity index (χ0v) is 15.3. The molecule has 1 heterocycles. The fraction of sp³-hybridized carbons (Fsp3) is 0.333. The van der Waals surface area contributed by atoms with Crippen molar-refractivity contribution in [3.8, 4) is 0 Å². The molecule has 1 nitrogen and oxygen atoms in total. The van der Waals surface area contributed by atoms with Crippen LogP contribution < -0.4 is 5.32 Å². The molecule has 0 spiro atoms. The van der Waals surface area contributed by atoms with E-state index in [9.17, 15) is 0 Å². The molecule has 1 unspecified atom stereocenters. The van der Waals surface area contributed by atoms with Gasteiger partial charge in [0.15, 0.2) is 0 Å². The third kappa shape index (κ3) is 3.99. The second-order valence-electron chi connectivity index (χ2n) is 4.66. The van der Waals surface area contributed by atoms with Crippen molar-refractivity contribution in [2.75, 3.05) is 6.54 Å². The highest BCUT2D eigenvalue weighted by Gasteiger charge is 2.19. The van der Waals surface area contributed by atoms with Crippen LogP contribution in [0.25, 0.3) is 0 Å². The van der Waals surface area contributed by atoms with Crippen LogP contribution in [0.2, 0.25) is 10.0 Å². The summed E-state index contributed by atoms with van der Waals surface area (Å²) in [7, 11) is 0. The zero-order chi connectivity index (χ0) is 14.7. The number of rotatable bonds is 5. The lowest BCUT2D eigenvalue weighted by Gasteiger charge is -2.19. The van der Waals surface area contributed by atoms with E-state index in [1.54, 1.807) is 17.4 Å². The maximum atomic E-state index is 6.14. The molecule has 0 aliphatic rings. The first-order valence-corrected chi connectivity index (χ1v) is 8.83. The predicted octanol–water partition coefficient (Wildman–Crippen LogP) is 6.21. The Labute approximate surface area is 142 Å². The standard InChI is InChI=1S/C15H16BrCl2NS/c1-3-4-19-14(15-13(16)5-9(2)20-15)10-6-11(17)8-12(18)7-10/h5-8,14,19H,3-4H2,1-2H3. The lowest BCUT2D eigenvalue weighted by molar-refractivity contribution is 0.604. The fourth-order valence-corrected chi connectivity index (χ4v) is 4.62. The predicted molar refractivity (Wildman–Crippen MR) is 93.4 cm³/mol. The molecule has 2 aromatic rings. The molecule has 1 N–H and O–H groups in total. The van der Waals surface area contributed by atoms with Gasteiger partial charge in [-0.15, -0.1) is 11.3 Å². The minimum absolute atomic E-state index is 0.110. The van der Waals surface area contributed by atoms with Gasteiger partial charge in [0, 0.05) is 24.3 Å². The Bertz CT molecular complexity index is 577. The molecular weight excluding hydrogens is 377 g/mol. The second-order valence-corrected chi connectivity index (χ2v) is 7.67. The number of halogens is 3. The van der Waals surface area contributed by atoms with Crippen molar-refractivity contribution >= 4 is 50.5 Å². The summed E-state index contributed by atoms with van der Waals surface area (Å²) in [6.07, 6.45) is 1.08. The Balaban J connectivity index is 2.43. The van der Waals surface area contributed by atoms with Crippen molar-refractivity contribution in [1.29, 1.82) is 0 Å². The quantitative estimate of drug-likeness (QED) is 0.637.